The van der Waals surface area contributed by atoms with Gasteiger partial charge in [0.15, 0.2) is 6.04 Å². The lowest BCUT2D eigenvalue weighted by Gasteiger charge is -2.19. The fourth-order valence-corrected chi connectivity index (χ4v) is 2.39. The Morgan fingerprint density at radius 1 is 1.19 bits per heavy atom. The Kier molecular flexibility index (Phi) is 5.02. The number of aryl methyl sites for hydroxylation is 2. The van der Waals surface area contributed by atoms with E-state index in [0.29, 0.717) is 0 Å². The molecule has 0 saturated heterocycles. The van der Waals surface area contributed by atoms with E-state index in [2.05, 4.69) is 21.2 Å². The van der Waals surface area contributed by atoms with Crippen molar-refractivity contribution in [3.63, 3.8) is 0 Å². The Balaban J connectivity index is 2.34. The molecule has 3 nitrogen and oxygen atoms in total. The summed E-state index contributed by atoms with van der Waals surface area (Å²) in [4.78, 5) is 12.1. The number of carbonyl (C=O) groups excluding carboxylic acids is 1. The van der Waals surface area contributed by atoms with Gasteiger partial charge < -0.3 is 10.1 Å². The Labute approximate surface area is 133 Å². The molecule has 0 bridgehead atoms. The zero-order chi connectivity index (χ0) is 15.4. The summed E-state index contributed by atoms with van der Waals surface area (Å²) in [6.45, 7) is 4.01. The second-order valence-electron chi connectivity index (χ2n) is 4.98. The minimum Gasteiger partial charge on any atom is -0.467 e. The van der Waals surface area contributed by atoms with E-state index in [1.165, 1.54) is 7.11 Å². The van der Waals surface area contributed by atoms with E-state index in [1.54, 1.807) is 0 Å². The van der Waals surface area contributed by atoms with E-state index >= 15 is 0 Å². The lowest BCUT2D eigenvalue weighted by Crippen LogP contribution is -2.22. The zero-order valence-electron chi connectivity index (χ0n) is 12.3. The quantitative estimate of drug-likeness (QED) is 0.833. The number of esters is 1. The minimum atomic E-state index is -0.524. The first kappa shape index (κ1) is 15.6. The third-order valence-electron chi connectivity index (χ3n) is 3.28. The van der Waals surface area contributed by atoms with E-state index in [1.807, 2.05) is 56.3 Å². The standard InChI is InChI=1S/C17H18BrNO2/c1-11-5-4-6-14(9-11)19-16(17(20)21-3)13-7-8-15(18)12(2)10-13/h4-10,16,19H,1-3H3. The molecular weight excluding hydrogens is 330 g/mol. The van der Waals surface area contributed by atoms with Gasteiger partial charge in [0.2, 0.25) is 0 Å². The molecule has 0 aliphatic carbocycles. The zero-order valence-corrected chi connectivity index (χ0v) is 13.9. The van der Waals surface area contributed by atoms with Crippen LogP contribution in [0.2, 0.25) is 0 Å². The Morgan fingerprint density at radius 3 is 2.57 bits per heavy atom. The lowest BCUT2D eigenvalue weighted by atomic mass is 10.0. The van der Waals surface area contributed by atoms with Gasteiger partial charge in [-0.25, -0.2) is 4.79 Å². The normalized spacial score (nSPS) is 11.8. The number of ether oxygens (including phenoxy) is 1. The number of rotatable bonds is 4. The monoisotopic (exact) mass is 347 g/mol. The van der Waals surface area contributed by atoms with Crippen molar-refractivity contribution in [1.29, 1.82) is 0 Å². The lowest BCUT2D eigenvalue weighted by molar-refractivity contribution is -0.141. The van der Waals surface area contributed by atoms with E-state index in [0.717, 1.165) is 26.9 Å². The van der Waals surface area contributed by atoms with Crippen molar-refractivity contribution in [2.45, 2.75) is 19.9 Å². The Bertz CT molecular complexity index is 655. The van der Waals surface area contributed by atoms with Crippen molar-refractivity contribution in [3.05, 3.63) is 63.6 Å². The van der Waals surface area contributed by atoms with Gasteiger partial charge in [0.25, 0.3) is 0 Å². The SMILES string of the molecule is COC(=O)C(Nc1cccc(C)c1)c1ccc(Br)c(C)c1. The molecule has 0 heterocycles. The van der Waals surface area contributed by atoms with E-state index < -0.39 is 6.04 Å². The van der Waals surface area contributed by atoms with Crippen molar-refractivity contribution < 1.29 is 9.53 Å². The molecule has 0 spiro atoms. The summed E-state index contributed by atoms with van der Waals surface area (Å²) in [5.41, 5.74) is 3.98. The molecular formula is C17H18BrNO2. The fourth-order valence-electron chi connectivity index (χ4n) is 2.15. The van der Waals surface area contributed by atoms with Gasteiger partial charge in [-0.3, -0.25) is 0 Å². The predicted molar refractivity (Wildman–Crippen MR) is 88.4 cm³/mol. The van der Waals surface area contributed by atoms with Crippen LogP contribution in [0.3, 0.4) is 0 Å². The third kappa shape index (κ3) is 3.85. The van der Waals surface area contributed by atoms with E-state index in [-0.39, 0.29) is 5.97 Å². The van der Waals surface area contributed by atoms with Gasteiger partial charge >= 0.3 is 5.97 Å². The first-order valence-electron chi connectivity index (χ1n) is 6.68. The van der Waals surface area contributed by atoms with Crippen LogP contribution < -0.4 is 5.32 Å². The largest absolute Gasteiger partial charge is 0.467 e. The van der Waals surface area contributed by atoms with Crippen LogP contribution in [0.15, 0.2) is 46.9 Å². The van der Waals surface area contributed by atoms with Crippen molar-refractivity contribution in [2.24, 2.45) is 0 Å². The highest BCUT2D eigenvalue weighted by Gasteiger charge is 2.21. The van der Waals surface area contributed by atoms with Crippen LogP contribution in [-0.2, 0) is 9.53 Å². The van der Waals surface area contributed by atoms with Gasteiger partial charge in [-0.05, 0) is 48.7 Å². The van der Waals surface area contributed by atoms with Crippen LogP contribution in [0, 0.1) is 13.8 Å². The molecule has 0 fully saturated rings. The number of carbonyl (C=O) groups is 1. The number of anilines is 1. The smallest absolute Gasteiger partial charge is 0.332 e. The fraction of sp³-hybridized carbons (Fsp3) is 0.235. The van der Waals surface area contributed by atoms with E-state index in [4.69, 9.17) is 4.74 Å². The van der Waals surface area contributed by atoms with Crippen molar-refractivity contribution in [1.82, 2.24) is 0 Å². The first-order valence-corrected chi connectivity index (χ1v) is 7.47. The van der Waals surface area contributed by atoms with Crippen molar-refractivity contribution in [3.8, 4) is 0 Å². The highest BCUT2D eigenvalue weighted by molar-refractivity contribution is 9.10. The van der Waals surface area contributed by atoms with Gasteiger partial charge in [-0.1, -0.05) is 40.2 Å². The maximum Gasteiger partial charge on any atom is 0.332 e. The predicted octanol–water partition coefficient (Wildman–Crippen LogP) is 4.39. The summed E-state index contributed by atoms with van der Waals surface area (Å²) in [5.74, 6) is -0.307. The van der Waals surface area contributed by atoms with Gasteiger partial charge in [0.1, 0.15) is 0 Å². The summed E-state index contributed by atoms with van der Waals surface area (Å²) in [6.07, 6.45) is 0. The average molecular weight is 348 g/mol. The molecule has 0 radical (unpaired) electrons. The second-order valence-corrected chi connectivity index (χ2v) is 5.83. The molecule has 0 aromatic heterocycles. The first-order chi connectivity index (χ1) is 10.0. The van der Waals surface area contributed by atoms with Crippen molar-refractivity contribution >= 4 is 27.6 Å². The third-order valence-corrected chi connectivity index (χ3v) is 4.17. The number of hydrogen-bond donors (Lipinski definition) is 1. The summed E-state index contributed by atoms with van der Waals surface area (Å²) in [5, 5.41) is 3.24. The molecule has 2 rings (SSSR count). The molecule has 0 aliphatic rings. The Hall–Kier alpha value is -1.81. The van der Waals surface area contributed by atoms with Crippen LogP contribution >= 0.6 is 15.9 Å². The number of nitrogens with one attached hydrogen (secondary N) is 1. The molecule has 0 saturated carbocycles. The Morgan fingerprint density at radius 2 is 1.95 bits per heavy atom. The molecule has 0 aliphatic heterocycles. The molecule has 1 unspecified atom stereocenters. The van der Waals surface area contributed by atoms with E-state index in [9.17, 15) is 4.79 Å². The van der Waals surface area contributed by atoms with Crippen LogP contribution in [0.25, 0.3) is 0 Å². The highest BCUT2D eigenvalue weighted by Crippen LogP contribution is 2.25. The van der Waals surface area contributed by atoms with Gasteiger partial charge in [-0.2, -0.15) is 0 Å². The summed E-state index contributed by atoms with van der Waals surface area (Å²) in [6, 6.07) is 13.2. The van der Waals surface area contributed by atoms with Crippen molar-refractivity contribution in [2.75, 3.05) is 12.4 Å². The van der Waals surface area contributed by atoms with Gasteiger partial charge in [-0.15, -0.1) is 0 Å². The number of hydrogen-bond acceptors (Lipinski definition) is 3. The second kappa shape index (κ2) is 6.76. The van der Waals surface area contributed by atoms with Crippen LogP contribution in [0.4, 0.5) is 5.69 Å². The number of halogens is 1. The number of benzene rings is 2. The van der Waals surface area contributed by atoms with Crippen LogP contribution in [0.5, 0.6) is 0 Å². The summed E-state index contributed by atoms with van der Waals surface area (Å²) >= 11 is 3.47. The molecule has 21 heavy (non-hydrogen) atoms. The molecule has 2 aromatic rings. The molecule has 2 aromatic carbocycles. The maximum atomic E-state index is 12.1. The molecule has 0 amide bonds. The summed E-state index contributed by atoms with van der Waals surface area (Å²) < 4.78 is 5.95. The molecule has 4 heteroatoms. The van der Waals surface area contributed by atoms with Crippen LogP contribution in [-0.4, -0.2) is 13.1 Å². The van der Waals surface area contributed by atoms with Gasteiger partial charge in [0.05, 0.1) is 7.11 Å². The molecule has 1 N–H and O–H groups in total. The molecule has 1 atom stereocenters. The molecule has 110 valence electrons. The minimum absolute atomic E-state index is 0.307. The maximum absolute atomic E-state index is 12.1. The van der Waals surface area contributed by atoms with Crippen LogP contribution in [0.1, 0.15) is 22.7 Å². The number of methoxy groups -OCH3 is 1. The average Bonchev–Trinajstić information content (AvgIpc) is 2.47. The summed E-state index contributed by atoms with van der Waals surface area (Å²) in [7, 11) is 1.40. The van der Waals surface area contributed by atoms with Gasteiger partial charge in [0, 0.05) is 10.2 Å². The highest BCUT2D eigenvalue weighted by atomic mass is 79.9. The topological polar surface area (TPSA) is 38.3 Å².